The van der Waals surface area contributed by atoms with Crippen LogP contribution in [0.25, 0.3) is 0 Å². The summed E-state index contributed by atoms with van der Waals surface area (Å²) in [7, 11) is 0. The van der Waals surface area contributed by atoms with Crippen LogP contribution in [0.4, 0.5) is 11.5 Å². The fraction of sp³-hybridized carbons (Fsp3) is 0.583. The lowest BCUT2D eigenvalue weighted by Gasteiger charge is -2.07. The molecule has 0 amide bonds. The summed E-state index contributed by atoms with van der Waals surface area (Å²) in [6.07, 6.45) is 3.22. The monoisotopic (exact) mass is 271 g/mol. The van der Waals surface area contributed by atoms with Gasteiger partial charge in [-0.2, -0.15) is 0 Å². The van der Waals surface area contributed by atoms with Gasteiger partial charge in [-0.05, 0) is 18.4 Å². The summed E-state index contributed by atoms with van der Waals surface area (Å²) in [6.45, 7) is 5.02. The molecule has 1 N–H and O–H groups in total. The van der Waals surface area contributed by atoms with Crippen molar-refractivity contribution in [2.45, 2.75) is 33.1 Å². The summed E-state index contributed by atoms with van der Waals surface area (Å²) >= 11 is 5.73. The molecule has 1 aromatic heterocycles. The summed E-state index contributed by atoms with van der Waals surface area (Å²) in [5.74, 6) is 0.931. The molecule has 1 aromatic rings. The molecular weight excluding hydrogens is 254 g/mol. The lowest BCUT2D eigenvalue weighted by Crippen LogP contribution is -2.06. The molecule has 0 aliphatic carbocycles. The predicted molar refractivity (Wildman–Crippen MR) is 73.1 cm³/mol. The molecule has 0 aliphatic heterocycles. The molecule has 0 spiro atoms. The number of halogens is 1. The van der Waals surface area contributed by atoms with Gasteiger partial charge >= 0.3 is 5.69 Å². The van der Waals surface area contributed by atoms with Crippen molar-refractivity contribution in [2.24, 2.45) is 5.92 Å². The Labute approximate surface area is 112 Å². The number of hydrogen-bond donors (Lipinski definition) is 1. The zero-order valence-electron chi connectivity index (χ0n) is 10.6. The van der Waals surface area contributed by atoms with Gasteiger partial charge in [0.15, 0.2) is 0 Å². The van der Waals surface area contributed by atoms with Crippen LogP contribution >= 0.6 is 11.6 Å². The Kier molecular flexibility index (Phi) is 5.85. The van der Waals surface area contributed by atoms with Crippen molar-refractivity contribution >= 4 is 23.1 Å². The Hall–Kier alpha value is -1.36. The van der Waals surface area contributed by atoms with E-state index in [-0.39, 0.29) is 16.7 Å². The highest BCUT2D eigenvalue weighted by Gasteiger charge is 2.14. The summed E-state index contributed by atoms with van der Waals surface area (Å²) in [5, 5.41) is 14.0. The van der Waals surface area contributed by atoms with Gasteiger partial charge in [-0.1, -0.05) is 38.3 Å². The average Bonchev–Trinajstić information content (AvgIpc) is 2.27. The Morgan fingerprint density at radius 2 is 2.17 bits per heavy atom. The van der Waals surface area contributed by atoms with Crippen LogP contribution in [-0.4, -0.2) is 16.5 Å². The molecule has 0 aliphatic rings. The van der Waals surface area contributed by atoms with Crippen LogP contribution in [-0.2, 0) is 0 Å². The standard InChI is InChI=1S/C12H18ClN3O2/c1-9(2)5-3-4-8-14-12-10(16(17)18)6-7-11(13)15-12/h6-7,9H,3-5,8H2,1-2H3,(H,14,15). The third kappa shape index (κ3) is 4.87. The highest BCUT2D eigenvalue weighted by atomic mass is 35.5. The van der Waals surface area contributed by atoms with Crippen LogP contribution in [0, 0.1) is 16.0 Å². The van der Waals surface area contributed by atoms with E-state index in [1.165, 1.54) is 12.1 Å². The molecule has 5 nitrogen and oxygen atoms in total. The van der Waals surface area contributed by atoms with Crippen LogP contribution in [0.15, 0.2) is 12.1 Å². The molecular formula is C12H18ClN3O2. The van der Waals surface area contributed by atoms with Crippen LogP contribution in [0.2, 0.25) is 5.15 Å². The van der Waals surface area contributed by atoms with Gasteiger partial charge in [0.2, 0.25) is 5.82 Å². The van der Waals surface area contributed by atoms with Gasteiger partial charge in [0.25, 0.3) is 0 Å². The van der Waals surface area contributed by atoms with E-state index in [1.54, 1.807) is 0 Å². The number of anilines is 1. The molecule has 100 valence electrons. The van der Waals surface area contributed by atoms with Gasteiger partial charge in [-0.25, -0.2) is 4.98 Å². The molecule has 0 aromatic carbocycles. The van der Waals surface area contributed by atoms with E-state index in [0.717, 1.165) is 19.3 Å². The minimum atomic E-state index is -0.459. The smallest absolute Gasteiger partial charge is 0.311 e. The molecule has 1 heterocycles. The number of unbranched alkanes of at least 4 members (excludes halogenated alkanes) is 1. The zero-order chi connectivity index (χ0) is 13.5. The molecule has 6 heteroatoms. The van der Waals surface area contributed by atoms with E-state index in [4.69, 9.17) is 11.6 Å². The van der Waals surface area contributed by atoms with E-state index in [1.807, 2.05) is 0 Å². The first-order valence-electron chi connectivity index (χ1n) is 6.05. The van der Waals surface area contributed by atoms with Crippen molar-refractivity contribution in [3.05, 3.63) is 27.4 Å². The first kappa shape index (κ1) is 14.7. The number of nitro groups is 1. The molecule has 0 saturated heterocycles. The van der Waals surface area contributed by atoms with Gasteiger partial charge in [-0.15, -0.1) is 0 Å². The van der Waals surface area contributed by atoms with Gasteiger partial charge in [0.1, 0.15) is 5.15 Å². The van der Waals surface area contributed by atoms with Gasteiger partial charge in [-0.3, -0.25) is 10.1 Å². The minimum Gasteiger partial charge on any atom is -0.364 e. The summed E-state index contributed by atoms with van der Waals surface area (Å²) in [5.41, 5.74) is -0.0386. The maximum atomic E-state index is 10.8. The Bertz CT molecular complexity index is 410. The number of nitrogens with one attached hydrogen (secondary N) is 1. The molecule has 0 bridgehead atoms. The summed E-state index contributed by atoms with van der Waals surface area (Å²) < 4.78 is 0. The van der Waals surface area contributed by atoms with Gasteiger partial charge in [0.05, 0.1) is 4.92 Å². The van der Waals surface area contributed by atoms with Crippen molar-refractivity contribution in [2.75, 3.05) is 11.9 Å². The predicted octanol–water partition coefficient (Wildman–Crippen LogP) is 3.88. The van der Waals surface area contributed by atoms with Gasteiger partial charge in [0, 0.05) is 12.6 Å². The minimum absolute atomic E-state index is 0.0386. The second kappa shape index (κ2) is 7.16. The zero-order valence-corrected chi connectivity index (χ0v) is 11.4. The average molecular weight is 272 g/mol. The molecule has 0 atom stereocenters. The normalized spacial score (nSPS) is 10.7. The van der Waals surface area contributed by atoms with Crippen molar-refractivity contribution in [3.63, 3.8) is 0 Å². The van der Waals surface area contributed by atoms with Crippen molar-refractivity contribution in [3.8, 4) is 0 Å². The van der Waals surface area contributed by atoms with Crippen LogP contribution in [0.1, 0.15) is 33.1 Å². The third-order valence-electron chi connectivity index (χ3n) is 2.54. The third-order valence-corrected chi connectivity index (χ3v) is 2.75. The molecule has 18 heavy (non-hydrogen) atoms. The Morgan fingerprint density at radius 3 is 2.78 bits per heavy atom. The molecule has 0 radical (unpaired) electrons. The number of hydrogen-bond acceptors (Lipinski definition) is 4. The fourth-order valence-electron chi connectivity index (χ4n) is 1.59. The molecule has 0 fully saturated rings. The SMILES string of the molecule is CC(C)CCCCNc1nc(Cl)ccc1[N+](=O)[O-]. The lowest BCUT2D eigenvalue weighted by atomic mass is 10.1. The number of rotatable bonds is 7. The largest absolute Gasteiger partial charge is 0.364 e. The first-order valence-corrected chi connectivity index (χ1v) is 6.43. The highest BCUT2D eigenvalue weighted by molar-refractivity contribution is 6.29. The van der Waals surface area contributed by atoms with Crippen molar-refractivity contribution in [1.29, 1.82) is 0 Å². The highest BCUT2D eigenvalue weighted by Crippen LogP contribution is 2.23. The quantitative estimate of drug-likeness (QED) is 0.354. The van der Waals surface area contributed by atoms with Crippen LogP contribution < -0.4 is 5.32 Å². The van der Waals surface area contributed by atoms with E-state index < -0.39 is 4.92 Å². The number of nitrogens with zero attached hydrogens (tertiary/aromatic N) is 2. The Balaban J connectivity index is 2.50. The second-order valence-corrected chi connectivity index (χ2v) is 4.96. The van der Waals surface area contributed by atoms with Crippen molar-refractivity contribution < 1.29 is 4.92 Å². The first-order chi connectivity index (χ1) is 8.50. The Morgan fingerprint density at radius 1 is 1.44 bits per heavy atom. The summed E-state index contributed by atoms with van der Waals surface area (Å²) in [4.78, 5) is 14.3. The maximum absolute atomic E-state index is 10.8. The topological polar surface area (TPSA) is 68.1 Å². The number of aromatic nitrogens is 1. The summed E-state index contributed by atoms with van der Waals surface area (Å²) in [6, 6.07) is 2.79. The molecule has 1 rings (SSSR count). The van der Waals surface area contributed by atoms with Gasteiger partial charge < -0.3 is 5.32 Å². The van der Waals surface area contributed by atoms with Crippen LogP contribution in [0.3, 0.4) is 0 Å². The van der Waals surface area contributed by atoms with E-state index >= 15 is 0 Å². The van der Waals surface area contributed by atoms with Crippen molar-refractivity contribution in [1.82, 2.24) is 4.98 Å². The lowest BCUT2D eigenvalue weighted by molar-refractivity contribution is -0.384. The second-order valence-electron chi connectivity index (χ2n) is 4.58. The molecule has 0 saturated carbocycles. The number of pyridine rings is 1. The van der Waals surface area contributed by atoms with E-state index in [2.05, 4.69) is 24.1 Å². The van der Waals surface area contributed by atoms with E-state index in [9.17, 15) is 10.1 Å². The maximum Gasteiger partial charge on any atom is 0.311 e. The fourth-order valence-corrected chi connectivity index (χ4v) is 1.74. The molecule has 0 unspecified atom stereocenters. The van der Waals surface area contributed by atoms with E-state index in [0.29, 0.717) is 12.5 Å². The van der Waals surface area contributed by atoms with Crippen LogP contribution in [0.5, 0.6) is 0 Å².